The highest BCUT2D eigenvalue weighted by atomic mass is 32.2. The zero-order chi connectivity index (χ0) is 12.9. The summed E-state index contributed by atoms with van der Waals surface area (Å²) in [5.41, 5.74) is 2.87. The minimum Gasteiger partial charge on any atom is -0.437 e. The summed E-state index contributed by atoms with van der Waals surface area (Å²) in [6.07, 6.45) is 0. The molecule has 3 aromatic rings. The molecule has 1 atom stereocenters. The number of nitrogens with zero attached hydrogens (tertiary/aromatic N) is 1. The second-order valence-corrected chi connectivity index (χ2v) is 6.20. The second-order valence-electron chi connectivity index (χ2n) is 4.74. The molecular formula is C15H12N2OS. The number of hydrogen-bond donors (Lipinski definition) is 1. The highest BCUT2D eigenvalue weighted by Crippen LogP contribution is 2.50. The monoisotopic (exact) mass is 268 g/mol. The summed E-state index contributed by atoms with van der Waals surface area (Å²) < 4.78 is 5.89. The van der Waals surface area contributed by atoms with Crippen LogP contribution in [0.4, 0.5) is 5.69 Å². The van der Waals surface area contributed by atoms with Crippen molar-refractivity contribution in [2.75, 3.05) is 5.32 Å². The molecule has 1 aliphatic rings. The van der Waals surface area contributed by atoms with Crippen molar-refractivity contribution in [3.63, 3.8) is 0 Å². The topological polar surface area (TPSA) is 38.1 Å². The Morgan fingerprint density at radius 1 is 1.11 bits per heavy atom. The lowest BCUT2D eigenvalue weighted by molar-refractivity contribution is 0.488. The average molecular weight is 268 g/mol. The van der Waals surface area contributed by atoms with E-state index in [1.165, 1.54) is 4.90 Å². The lowest BCUT2D eigenvalue weighted by Crippen LogP contribution is -2.24. The van der Waals surface area contributed by atoms with Crippen molar-refractivity contribution in [3.8, 4) is 0 Å². The zero-order valence-corrected chi connectivity index (χ0v) is 11.2. The predicted octanol–water partition coefficient (Wildman–Crippen LogP) is 4.22. The average Bonchev–Trinajstić information content (AvgIpc) is 2.98. The van der Waals surface area contributed by atoms with Crippen LogP contribution < -0.4 is 5.32 Å². The van der Waals surface area contributed by atoms with E-state index >= 15 is 0 Å². The fourth-order valence-corrected chi connectivity index (χ4v) is 3.49. The maximum atomic E-state index is 5.89. The highest BCUT2D eigenvalue weighted by Gasteiger charge is 2.39. The fourth-order valence-electron chi connectivity index (χ4n) is 2.33. The van der Waals surface area contributed by atoms with Gasteiger partial charge < -0.3 is 9.73 Å². The molecule has 4 heteroatoms. The molecule has 0 fully saturated rings. The van der Waals surface area contributed by atoms with Crippen LogP contribution in [-0.4, -0.2) is 4.98 Å². The summed E-state index contributed by atoms with van der Waals surface area (Å²) in [5.74, 6) is 0.718. The van der Waals surface area contributed by atoms with Crippen molar-refractivity contribution in [2.24, 2.45) is 0 Å². The van der Waals surface area contributed by atoms with Crippen molar-refractivity contribution < 1.29 is 4.42 Å². The molecule has 0 saturated heterocycles. The molecule has 0 spiro atoms. The number of hydrogen-bond acceptors (Lipinski definition) is 4. The zero-order valence-electron chi connectivity index (χ0n) is 10.4. The van der Waals surface area contributed by atoms with Crippen molar-refractivity contribution in [3.05, 3.63) is 54.4 Å². The summed E-state index contributed by atoms with van der Waals surface area (Å²) in [4.78, 5) is 5.48. The number of anilines is 1. The molecule has 1 unspecified atom stereocenters. The van der Waals surface area contributed by atoms with Gasteiger partial charge in [-0.05, 0) is 31.2 Å². The van der Waals surface area contributed by atoms with Crippen LogP contribution in [0.2, 0.25) is 0 Å². The predicted molar refractivity (Wildman–Crippen MR) is 77.3 cm³/mol. The van der Waals surface area contributed by atoms with Crippen LogP contribution in [0.5, 0.6) is 0 Å². The summed E-state index contributed by atoms with van der Waals surface area (Å²) in [7, 11) is 0. The Morgan fingerprint density at radius 3 is 2.74 bits per heavy atom. The molecule has 1 aliphatic heterocycles. The van der Waals surface area contributed by atoms with Crippen LogP contribution in [0.1, 0.15) is 12.8 Å². The smallest absolute Gasteiger partial charge is 0.231 e. The van der Waals surface area contributed by atoms with Crippen LogP contribution in [0.3, 0.4) is 0 Å². The maximum absolute atomic E-state index is 5.89. The third-order valence-corrected chi connectivity index (χ3v) is 4.54. The minimum absolute atomic E-state index is 0.345. The lowest BCUT2D eigenvalue weighted by Gasteiger charge is -2.19. The van der Waals surface area contributed by atoms with Gasteiger partial charge in [0.1, 0.15) is 5.52 Å². The number of aromatic nitrogens is 1. The molecule has 0 radical (unpaired) electrons. The van der Waals surface area contributed by atoms with Gasteiger partial charge in [-0.15, -0.1) is 0 Å². The van der Waals surface area contributed by atoms with Crippen molar-refractivity contribution >= 4 is 28.5 Å². The Kier molecular flexibility index (Phi) is 2.17. The van der Waals surface area contributed by atoms with Crippen LogP contribution >= 0.6 is 11.8 Å². The van der Waals surface area contributed by atoms with E-state index in [4.69, 9.17) is 4.42 Å². The molecule has 3 nitrogen and oxygen atoms in total. The Labute approximate surface area is 115 Å². The number of rotatable bonds is 1. The summed E-state index contributed by atoms with van der Waals surface area (Å²) in [5, 5.41) is 3.49. The minimum atomic E-state index is -0.345. The molecule has 0 bridgehead atoms. The second kappa shape index (κ2) is 3.78. The van der Waals surface area contributed by atoms with Gasteiger partial charge in [-0.25, -0.2) is 4.98 Å². The summed E-state index contributed by atoms with van der Waals surface area (Å²) in [6.45, 7) is 2.10. The van der Waals surface area contributed by atoms with E-state index in [1.807, 2.05) is 36.4 Å². The molecule has 0 saturated carbocycles. The van der Waals surface area contributed by atoms with Crippen LogP contribution in [-0.2, 0) is 4.87 Å². The van der Waals surface area contributed by atoms with Crippen molar-refractivity contribution in [2.45, 2.75) is 16.7 Å². The fraction of sp³-hybridized carbons (Fsp3) is 0.133. The molecule has 2 aromatic carbocycles. The Hall–Kier alpha value is -1.94. The standard InChI is InChI=1S/C15H12N2OS/c1-15(17-11-7-3-5-9-13(11)19-15)14-16-10-6-2-4-8-12(10)18-14/h2-9,17H,1H3. The van der Waals surface area contributed by atoms with E-state index in [0.29, 0.717) is 0 Å². The number of thioether (sulfide) groups is 1. The SMILES string of the molecule is CC1(c2nc3ccccc3o2)Nc2ccccc2S1. The van der Waals surface area contributed by atoms with Gasteiger partial charge >= 0.3 is 0 Å². The summed E-state index contributed by atoms with van der Waals surface area (Å²) in [6, 6.07) is 16.1. The quantitative estimate of drug-likeness (QED) is 0.717. The van der Waals surface area contributed by atoms with Crippen molar-refractivity contribution in [1.82, 2.24) is 4.98 Å². The van der Waals surface area contributed by atoms with Gasteiger partial charge in [-0.1, -0.05) is 36.0 Å². The number of fused-ring (bicyclic) bond motifs is 2. The maximum Gasteiger partial charge on any atom is 0.231 e. The molecule has 0 aliphatic carbocycles. The van der Waals surface area contributed by atoms with Crippen molar-refractivity contribution in [1.29, 1.82) is 0 Å². The van der Waals surface area contributed by atoms with E-state index in [0.717, 1.165) is 22.7 Å². The lowest BCUT2D eigenvalue weighted by atomic mass is 10.2. The molecule has 2 heterocycles. The van der Waals surface area contributed by atoms with Crippen LogP contribution in [0.25, 0.3) is 11.1 Å². The first-order chi connectivity index (χ1) is 9.24. The van der Waals surface area contributed by atoms with E-state index in [2.05, 4.69) is 29.4 Å². The molecule has 94 valence electrons. The Morgan fingerprint density at radius 2 is 1.89 bits per heavy atom. The number of nitrogens with one attached hydrogen (secondary N) is 1. The number of para-hydroxylation sites is 3. The van der Waals surface area contributed by atoms with Gasteiger partial charge in [0.2, 0.25) is 5.89 Å². The first-order valence-corrected chi connectivity index (χ1v) is 6.98. The number of oxazole rings is 1. The molecule has 0 amide bonds. The van der Waals surface area contributed by atoms with Gasteiger partial charge in [0.05, 0.1) is 0 Å². The molecule has 4 rings (SSSR count). The largest absolute Gasteiger partial charge is 0.437 e. The van der Waals surface area contributed by atoms with E-state index < -0.39 is 0 Å². The van der Waals surface area contributed by atoms with Gasteiger partial charge in [-0.3, -0.25) is 0 Å². The van der Waals surface area contributed by atoms with E-state index in [9.17, 15) is 0 Å². The molecule has 19 heavy (non-hydrogen) atoms. The first kappa shape index (κ1) is 10.9. The first-order valence-electron chi connectivity index (χ1n) is 6.17. The van der Waals surface area contributed by atoms with E-state index in [-0.39, 0.29) is 4.87 Å². The van der Waals surface area contributed by atoms with E-state index in [1.54, 1.807) is 11.8 Å². The summed E-state index contributed by atoms with van der Waals surface area (Å²) >= 11 is 1.74. The highest BCUT2D eigenvalue weighted by molar-refractivity contribution is 8.00. The van der Waals surface area contributed by atoms with Crippen LogP contribution in [0, 0.1) is 0 Å². The molecular weight excluding hydrogens is 256 g/mol. The molecule has 1 N–H and O–H groups in total. The Balaban J connectivity index is 1.81. The molecule has 1 aromatic heterocycles. The number of benzene rings is 2. The normalized spacial score (nSPS) is 21.3. The third kappa shape index (κ3) is 1.64. The van der Waals surface area contributed by atoms with Gasteiger partial charge in [0.15, 0.2) is 10.5 Å². The Bertz CT molecular complexity index is 707. The van der Waals surface area contributed by atoms with Gasteiger partial charge in [0.25, 0.3) is 0 Å². The van der Waals surface area contributed by atoms with Gasteiger partial charge in [-0.2, -0.15) is 0 Å². The third-order valence-electron chi connectivity index (χ3n) is 3.28. The van der Waals surface area contributed by atoms with Gasteiger partial charge in [0, 0.05) is 10.6 Å². The van der Waals surface area contributed by atoms with Crippen LogP contribution in [0.15, 0.2) is 57.8 Å².